The molecule has 1 amide bonds. The Kier molecular flexibility index (Phi) is 4.69. The average molecular weight is 366 g/mol. The second-order valence-corrected chi connectivity index (χ2v) is 6.32. The monoisotopic (exact) mass is 365 g/mol. The van der Waals surface area contributed by atoms with Crippen LogP contribution in [0.1, 0.15) is 39.4 Å². The molecule has 0 bridgehead atoms. The minimum Gasteiger partial charge on any atom is -0.476 e. The summed E-state index contributed by atoms with van der Waals surface area (Å²) in [4.78, 5) is 32.9. The molecule has 6 nitrogen and oxygen atoms in total. The largest absolute Gasteiger partial charge is 0.476 e. The zero-order chi connectivity index (χ0) is 17.3. The molecule has 0 atom stereocenters. The number of benzene rings is 1. The molecule has 1 N–H and O–H groups in total. The highest BCUT2D eigenvalue weighted by Crippen LogP contribution is 2.31. The van der Waals surface area contributed by atoms with Crippen LogP contribution in [-0.4, -0.2) is 37.9 Å². The third-order valence-electron chi connectivity index (χ3n) is 3.68. The predicted molar refractivity (Wildman–Crippen MR) is 88.3 cm³/mol. The SMILES string of the molecule is O=C(O)c1cnc(C(=O)N(Cc2ccc(Cl)c(Cl)c2)C2CC2)cn1. The van der Waals surface area contributed by atoms with E-state index in [1.807, 2.05) is 6.07 Å². The maximum absolute atomic E-state index is 12.7. The lowest BCUT2D eigenvalue weighted by molar-refractivity contribution is 0.0682. The summed E-state index contributed by atoms with van der Waals surface area (Å²) in [5.41, 5.74) is 0.778. The molecule has 0 spiro atoms. The molecule has 1 saturated carbocycles. The molecule has 1 aromatic carbocycles. The number of hydrogen-bond acceptors (Lipinski definition) is 4. The maximum atomic E-state index is 12.7. The molecular formula is C16H13Cl2N3O3. The highest BCUT2D eigenvalue weighted by molar-refractivity contribution is 6.42. The van der Waals surface area contributed by atoms with Crippen LogP contribution in [0.15, 0.2) is 30.6 Å². The van der Waals surface area contributed by atoms with Crippen molar-refractivity contribution in [3.8, 4) is 0 Å². The van der Waals surface area contributed by atoms with Gasteiger partial charge in [-0.2, -0.15) is 0 Å². The topological polar surface area (TPSA) is 83.4 Å². The van der Waals surface area contributed by atoms with Crippen molar-refractivity contribution in [2.24, 2.45) is 0 Å². The Morgan fingerprint density at radius 1 is 1.12 bits per heavy atom. The maximum Gasteiger partial charge on any atom is 0.356 e. The summed E-state index contributed by atoms with van der Waals surface area (Å²) < 4.78 is 0. The standard InChI is InChI=1S/C16H13Cl2N3O3/c17-11-4-1-9(5-12(11)18)8-21(10-2-3-10)15(22)13-6-20-14(7-19-13)16(23)24/h1,4-7,10H,2-3,8H2,(H,23,24). The van der Waals surface area contributed by atoms with E-state index in [1.165, 1.54) is 6.20 Å². The first-order chi connectivity index (χ1) is 11.5. The van der Waals surface area contributed by atoms with Crippen LogP contribution in [0, 0.1) is 0 Å². The summed E-state index contributed by atoms with van der Waals surface area (Å²) in [6.45, 7) is 0.378. The average Bonchev–Trinajstić information content (AvgIpc) is 3.40. The number of aromatic nitrogens is 2. The van der Waals surface area contributed by atoms with Crippen LogP contribution < -0.4 is 0 Å². The fourth-order valence-electron chi connectivity index (χ4n) is 2.28. The van der Waals surface area contributed by atoms with E-state index in [9.17, 15) is 9.59 Å². The van der Waals surface area contributed by atoms with E-state index in [0.717, 1.165) is 24.6 Å². The third kappa shape index (κ3) is 3.66. The number of rotatable bonds is 5. The Morgan fingerprint density at radius 2 is 1.79 bits per heavy atom. The van der Waals surface area contributed by atoms with E-state index in [2.05, 4.69) is 9.97 Å². The van der Waals surface area contributed by atoms with Gasteiger partial charge in [-0.05, 0) is 30.5 Å². The molecule has 0 aliphatic heterocycles. The fourth-order valence-corrected chi connectivity index (χ4v) is 2.60. The molecule has 0 unspecified atom stereocenters. The molecule has 124 valence electrons. The van der Waals surface area contributed by atoms with Gasteiger partial charge in [0.05, 0.1) is 22.4 Å². The van der Waals surface area contributed by atoms with Gasteiger partial charge in [0.1, 0.15) is 5.69 Å². The highest BCUT2D eigenvalue weighted by atomic mass is 35.5. The molecule has 24 heavy (non-hydrogen) atoms. The van der Waals surface area contributed by atoms with Gasteiger partial charge >= 0.3 is 5.97 Å². The van der Waals surface area contributed by atoms with Gasteiger partial charge in [-0.1, -0.05) is 29.3 Å². The van der Waals surface area contributed by atoms with Gasteiger partial charge in [0, 0.05) is 12.6 Å². The normalized spacial score (nSPS) is 13.6. The van der Waals surface area contributed by atoms with Crippen LogP contribution in [0.4, 0.5) is 0 Å². The summed E-state index contributed by atoms with van der Waals surface area (Å²) in [5, 5.41) is 9.74. The fraction of sp³-hybridized carbons (Fsp3) is 0.250. The summed E-state index contributed by atoms with van der Waals surface area (Å²) in [5.74, 6) is -1.47. The molecule has 0 radical (unpaired) electrons. The molecule has 8 heteroatoms. The van der Waals surface area contributed by atoms with Crippen LogP contribution in [0.2, 0.25) is 10.0 Å². The molecule has 3 rings (SSSR count). The van der Waals surface area contributed by atoms with Gasteiger partial charge in [0.25, 0.3) is 5.91 Å². The first-order valence-corrected chi connectivity index (χ1v) is 8.01. The third-order valence-corrected chi connectivity index (χ3v) is 4.41. The van der Waals surface area contributed by atoms with Gasteiger partial charge in [0.15, 0.2) is 5.69 Å². The van der Waals surface area contributed by atoms with Crippen LogP contribution >= 0.6 is 23.2 Å². The zero-order valence-corrected chi connectivity index (χ0v) is 14.0. The first-order valence-electron chi connectivity index (χ1n) is 7.26. The number of nitrogens with zero attached hydrogens (tertiary/aromatic N) is 3. The van der Waals surface area contributed by atoms with Crippen LogP contribution in [-0.2, 0) is 6.54 Å². The van der Waals surface area contributed by atoms with Crippen molar-refractivity contribution in [1.82, 2.24) is 14.9 Å². The summed E-state index contributed by atoms with van der Waals surface area (Å²) in [6.07, 6.45) is 4.12. The highest BCUT2D eigenvalue weighted by Gasteiger charge is 2.33. The summed E-state index contributed by atoms with van der Waals surface area (Å²) in [6, 6.07) is 5.38. The molecule has 1 aromatic heterocycles. The smallest absolute Gasteiger partial charge is 0.356 e. The lowest BCUT2D eigenvalue weighted by atomic mass is 10.2. The van der Waals surface area contributed by atoms with Crippen molar-refractivity contribution in [1.29, 1.82) is 0 Å². The van der Waals surface area contributed by atoms with Crippen LogP contribution in [0.25, 0.3) is 0 Å². The van der Waals surface area contributed by atoms with Gasteiger partial charge < -0.3 is 10.0 Å². The van der Waals surface area contributed by atoms with Gasteiger partial charge in [0.2, 0.25) is 0 Å². The molecule has 1 aliphatic carbocycles. The molecule has 2 aromatic rings. The molecule has 1 fully saturated rings. The van der Waals surface area contributed by atoms with Crippen LogP contribution in [0.5, 0.6) is 0 Å². The summed E-state index contributed by atoms with van der Waals surface area (Å²) >= 11 is 11.9. The molecule has 1 aliphatic rings. The van der Waals surface area contributed by atoms with Gasteiger partial charge in [-0.25, -0.2) is 14.8 Å². The second-order valence-electron chi connectivity index (χ2n) is 5.50. The Hall–Kier alpha value is -2.18. The van der Waals surface area contributed by atoms with E-state index in [4.69, 9.17) is 28.3 Å². The number of carbonyl (C=O) groups is 2. The van der Waals surface area contributed by atoms with Crippen molar-refractivity contribution in [3.05, 3.63) is 57.6 Å². The van der Waals surface area contributed by atoms with E-state index in [0.29, 0.717) is 16.6 Å². The van der Waals surface area contributed by atoms with Crippen molar-refractivity contribution < 1.29 is 14.7 Å². The molecular weight excluding hydrogens is 353 g/mol. The molecule has 0 saturated heterocycles. The van der Waals surface area contributed by atoms with E-state index < -0.39 is 5.97 Å². The zero-order valence-electron chi connectivity index (χ0n) is 12.4. The van der Waals surface area contributed by atoms with E-state index in [1.54, 1.807) is 17.0 Å². The minimum absolute atomic E-state index is 0.118. The first kappa shape index (κ1) is 16.7. The Morgan fingerprint density at radius 3 is 2.33 bits per heavy atom. The van der Waals surface area contributed by atoms with Crippen LogP contribution in [0.3, 0.4) is 0 Å². The predicted octanol–water partition coefficient (Wildman–Crippen LogP) is 3.29. The van der Waals surface area contributed by atoms with Crippen molar-refractivity contribution in [3.63, 3.8) is 0 Å². The van der Waals surface area contributed by atoms with Gasteiger partial charge in [-0.3, -0.25) is 4.79 Å². The number of carboxylic acid groups (broad SMARTS) is 1. The number of carbonyl (C=O) groups excluding carboxylic acids is 1. The number of carboxylic acids is 1. The quantitative estimate of drug-likeness (QED) is 0.878. The number of hydrogen-bond donors (Lipinski definition) is 1. The summed E-state index contributed by atoms with van der Waals surface area (Å²) in [7, 11) is 0. The Bertz CT molecular complexity index is 792. The van der Waals surface area contributed by atoms with E-state index >= 15 is 0 Å². The number of amides is 1. The molecule has 1 heterocycles. The van der Waals surface area contributed by atoms with E-state index in [-0.39, 0.29) is 23.3 Å². The Balaban J connectivity index is 1.81. The lowest BCUT2D eigenvalue weighted by Crippen LogP contribution is -2.33. The van der Waals surface area contributed by atoms with Gasteiger partial charge in [-0.15, -0.1) is 0 Å². The van der Waals surface area contributed by atoms with Crippen molar-refractivity contribution in [2.45, 2.75) is 25.4 Å². The van der Waals surface area contributed by atoms with Crippen molar-refractivity contribution in [2.75, 3.05) is 0 Å². The lowest BCUT2D eigenvalue weighted by Gasteiger charge is -2.22. The second kappa shape index (κ2) is 6.75. The number of aromatic carboxylic acids is 1. The minimum atomic E-state index is -1.18. The Labute approximate surface area is 148 Å². The number of halogens is 2. The van der Waals surface area contributed by atoms with Crippen molar-refractivity contribution >= 4 is 35.1 Å².